The molecule has 0 fully saturated rings. The third-order valence-electron chi connectivity index (χ3n) is 4.58. The molecule has 5 aromatic rings. The van der Waals surface area contributed by atoms with E-state index in [-0.39, 0.29) is 5.25 Å². The first-order valence-corrected chi connectivity index (χ1v) is 10.6. The van der Waals surface area contributed by atoms with Gasteiger partial charge in [-0.15, -0.1) is 10.2 Å². The Hall–Kier alpha value is -3.78. The van der Waals surface area contributed by atoms with E-state index in [0.717, 1.165) is 22.5 Å². The van der Waals surface area contributed by atoms with Gasteiger partial charge in [0.2, 0.25) is 16.9 Å². The van der Waals surface area contributed by atoms with Crippen LogP contribution in [0.2, 0.25) is 0 Å². The van der Waals surface area contributed by atoms with E-state index in [1.165, 1.54) is 11.8 Å². The van der Waals surface area contributed by atoms with E-state index in [0.29, 0.717) is 22.6 Å². The van der Waals surface area contributed by atoms with Crippen LogP contribution < -0.4 is 0 Å². The predicted molar refractivity (Wildman–Crippen MR) is 117 cm³/mol. The summed E-state index contributed by atoms with van der Waals surface area (Å²) in [6, 6.07) is 23.5. The number of benzene rings is 2. The second-order valence-corrected chi connectivity index (χ2v) is 8.03. The summed E-state index contributed by atoms with van der Waals surface area (Å²) in [6.45, 7) is 1.96. The van der Waals surface area contributed by atoms with Crippen molar-refractivity contribution < 1.29 is 8.94 Å². The molecule has 0 bridgehead atoms. The summed E-state index contributed by atoms with van der Waals surface area (Å²) in [6.07, 6.45) is 1.57. The van der Waals surface area contributed by atoms with Crippen LogP contribution in [-0.4, -0.2) is 25.3 Å². The molecule has 0 unspecified atom stereocenters. The Balaban J connectivity index is 1.46. The molecule has 3 heterocycles. The molecule has 0 aliphatic rings. The standard InChI is InChI=1S/C23H17N5O2S/c1-15(22-25-21(28-30-22)18-13-8-14-29-18)31-23-24-19(16-9-4-2-5-10-16)20(26-27-23)17-11-6-3-7-12-17/h2-15H,1H3/t15-/m0/s1. The normalized spacial score (nSPS) is 12.0. The minimum atomic E-state index is -0.163. The first-order valence-electron chi connectivity index (χ1n) is 9.67. The van der Waals surface area contributed by atoms with Crippen molar-refractivity contribution in [1.29, 1.82) is 0 Å². The van der Waals surface area contributed by atoms with Crippen molar-refractivity contribution in [3.63, 3.8) is 0 Å². The van der Waals surface area contributed by atoms with Crippen molar-refractivity contribution in [3.05, 3.63) is 85.0 Å². The first kappa shape index (κ1) is 19.2. The lowest BCUT2D eigenvalue weighted by Gasteiger charge is -2.10. The Labute approximate surface area is 182 Å². The Morgan fingerprint density at radius 2 is 1.48 bits per heavy atom. The molecule has 152 valence electrons. The fraction of sp³-hybridized carbons (Fsp3) is 0.0870. The highest BCUT2D eigenvalue weighted by molar-refractivity contribution is 7.99. The smallest absolute Gasteiger partial charge is 0.240 e. The lowest BCUT2D eigenvalue weighted by Crippen LogP contribution is -2.00. The summed E-state index contributed by atoms with van der Waals surface area (Å²) in [4.78, 5) is 9.25. The average molecular weight is 427 g/mol. The van der Waals surface area contributed by atoms with Gasteiger partial charge in [-0.3, -0.25) is 0 Å². The number of rotatable bonds is 6. The molecule has 0 saturated heterocycles. The number of hydrogen-bond donors (Lipinski definition) is 0. The topological polar surface area (TPSA) is 90.7 Å². The third-order valence-corrected chi connectivity index (χ3v) is 5.51. The molecule has 2 aromatic carbocycles. The van der Waals surface area contributed by atoms with Gasteiger partial charge in [-0.1, -0.05) is 77.6 Å². The lowest BCUT2D eigenvalue weighted by molar-refractivity contribution is 0.379. The molecular weight excluding hydrogens is 410 g/mol. The molecule has 1 atom stereocenters. The maximum atomic E-state index is 5.41. The second kappa shape index (κ2) is 8.53. The van der Waals surface area contributed by atoms with Gasteiger partial charge in [0.25, 0.3) is 0 Å². The van der Waals surface area contributed by atoms with Crippen LogP contribution in [0.15, 0.2) is 93.2 Å². The zero-order chi connectivity index (χ0) is 21.0. The van der Waals surface area contributed by atoms with Gasteiger partial charge < -0.3 is 8.94 Å². The maximum absolute atomic E-state index is 5.41. The molecule has 0 saturated carbocycles. The molecular formula is C23H17N5O2S. The largest absolute Gasteiger partial charge is 0.461 e. The van der Waals surface area contributed by atoms with Crippen molar-refractivity contribution in [1.82, 2.24) is 25.3 Å². The van der Waals surface area contributed by atoms with E-state index in [1.54, 1.807) is 18.4 Å². The zero-order valence-electron chi connectivity index (χ0n) is 16.5. The molecule has 5 rings (SSSR count). The quantitative estimate of drug-likeness (QED) is 0.319. The SMILES string of the molecule is C[C@H](Sc1nnc(-c2ccccc2)c(-c2ccccc2)n1)c1nc(-c2ccco2)no1. The van der Waals surface area contributed by atoms with Crippen LogP contribution in [0, 0.1) is 0 Å². The fourth-order valence-electron chi connectivity index (χ4n) is 3.06. The lowest BCUT2D eigenvalue weighted by atomic mass is 10.0. The molecule has 0 amide bonds. The van der Waals surface area contributed by atoms with Crippen molar-refractivity contribution >= 4 is 11.8 Å². The van der Waals surface area contributed by atoms with E-state index < -0.39 is 0 Å². The van der Waals surface area contributed by atoms with E-state index in [1.807, 2.05) is 67.6 Å². The molecule has 0 aliphatic heterocycles. The monoisotopic (exact) mass is 427 g/mol. The van der Waals surface area contributed by atoms with E-state index >= 15 is 0 Å². The van der Waals surface area contributed by atoms with Gasteiger partial charge in [-0.2, -0.15) is 4.98 Å². The number of thioether (sulfide) groups is 1. The van der Waals surface area contributed by atoms with Crippen LogP contribution in [0.4, 0.5) is 0 Å². The average Bonchev–Trinajstić information content (AvgIpc) is 3.52. The Bertz CT molecular complexity index is 1270. The minimum Gasteiger partial charge on any atom is -0.461 e. The first-order chi connectivity index (χ1) is 15.3. The molecule has 0 radical (unpaired) electrons. The van der Waals surface area contributed by atoms with Crippen molar-refractivity contribution in [3.8, 4) is 34.1 Å². The molecule has 7 nitrogen and oxygen atoms in total. The number of furan rings is 1. The molecule has 31 heavy (non-hydrogen) atoms. The van der Waals surface area contributed by atoms with E-state index in [9.17, 15) is 0 Å². The highest BCUT2D eigenvalue weighted by Crippen LogP contribution is 2.35. The van der Waals surface area contributed by atoms with Crippen molar-refractivity contribution in [2.45, 2.75) is 17.3 Å². The summed E-state index contributed by atoms with van der Waals surface area (Å²) in [7, 11) is 0. The van der Waals surface area contributed by atoms with Gasteiger partial charge in [0.1, 0.15) is 11.4 Å². The molecule has 0 spiro atoms. The van der Waals surface area contributed by atoms with Gasteiger partial charge in [0.05, 0.1) is 11.5 Å². The minimum absolute atomic E-state index is 0.163. The summed E-state index contributed by atoms with van der Waals surface area (Å²) >= 11 is 1.41. The van der Waals surface area contributed by atoms with Crippen molar-refractivity contribution in [2.24, 2.45) is 0 Å². The predicted octanol–water partition coefficient (Wildman–Crippen LogP) is 5.70. The Kier molecular flexibility index (Phi) is 5.28. The van der Waals surface area contributed by atoms with Crippen LogP contribution in [0.25, 0.3) is 34.1 Å². The molecule has 3 aromatic heterocycles. The van der Waals surface area contributed by atoms with Crippen LogP contribution in [0.1, 0.15) is 18.1 Å². The summed E-state index contributed by atoms with van der Waals surface area (Å²) in [5, 5.41) is 13.2. The molecule has 8 heteroatoms. The second-order valence-electron chi connectivity index (χ2n) is 6.72. The Morgan fingerprint density at radius 3 is 2.16 bits per heavy atom. The number of nitrogens with zero attached hydrogens (tertiary/aromatic N) is 5. The zero-order valence-corrected chi connectivity index (χ0v) is 17.4. The van der Waals surface area contributed by atoms with Gasteiger partial charge in [-0.05, 0) is 19.1 Å². The number of aromatic nitrogens is 5. The fourth-order valence-corrected chi connectivity index (χ4v) is 3.81. The van der Waals surface area contributed by atoms with Crippen LogP contribution in [0.3, 0.4) is 0 Å². The van der Waals surface area contributed by atoms with Gasteiger partial charge in [0, 0.05) is 11.1 Å². The summed E-state index contributed by atoms with van der Waals surface area (Å²) < 4.78 is 10.7. The Morgan fingerprint density at radius 1 is 0.774 bits per heavy atom. The molecule has 0 N–H and O–H groups in total. The maximum Gasteiger partial charge on any atom is 0.240 e. The summed E-state index contributed by atoms with van der Waals surface area (Å²) in [5.74, 6) is 1.44. The van der Waals surface area contributed by atoms with E-state index in [2.05, 4.69) is 20.3 Å². The highest BCUT2D eigenvalue weighted by atomic mass is 32.2. The van der Waals surface area contributed by atoms with Crippen molar-refractivity contribution in [2.75, 3.05) is 0 Å². The van der Waals surface area contributed by atoms with Crippen LogP contribution in [-0.2, 0) is 0 Å². The third kappa shape index (κ3) is 4.10. The van der Waals surface area contributed by atoms with E-state index in [4.69, 9.17) is 13.9 Å². The van der Waals surface area contributed by atoms with Crippen LogP contribution >= 0.6 is 11.8 Å². The molecule has 0 aliphatic carbocycles. The van der Waals surface area contributed by atoms with Gasteiger partial charge >= 0.3 is 0 Å². The van der Waals surface area contributed by atoms with Gasteiger partial charge in [-0.25, -0.2) is 4.98 Å². The van der Waals surface area contributed by atoms with Gasteiger partial charge in [0.15, 0.2) is 5.76 Å². The van der Waals surface area contributed by atoms with Crippen LogP contribution in [0.5, 0.6) is 0 Å². The summed E-state index contributed by atoms with van der Waals surface area (Å²) in [5.41, 5.74) is 3.45. The highest BCUT2D eigenvalue weighted by Gasteiger charge is 2.21. The number of hydrogen-bond acceptors (Lipinski definition) is 8.